The number of methoxy groups -OCH3 is 1. The summed E-state index contributed by atoms with van der Waals surface area (Å²) in [6.45, 7) is 5.22. The lowest BCUT2D eigenvalue weighted by Gasteiger charge is -2.26. The van der Waals surface area contributed by atoms with Gasteiger partial charge in [0.15, 0.2) is 4.77 Å². The number of aromatic amines is 1. The molecule has 1 aliphatic heterocycles. The molecular weight excluding hydrogens is 366 g/mol. The third-order valence-corrected chi connectivity index (χ3v) is 6.26. The quantitative estimate of drug-likeness (QED) is 0.690. The third-order valence-electron chi connectivity index (χ3n) is 4.85. The van der Waals surface area contributed by atoms with Crippen LogP contribution in [0.15, 0.2) is 29.1 Å². The first kappa shape index (κ1) is 17.5. The van der Waals surface area contributed by atoms with Crippen molar-refractivity contribution >= 4 is 33.8 Å². The number of ether oxygens (including phenoxy) is 1. The fourth-order valence-electron chi connectivity index (χ4n) is 3.60. The molecule has 5 nitrogen and oxygen atoms in total. The van der Waals surface area contributed by atoms with E-state index >= 15 is 0 Å². The van der Waals surface area contributed by atoms with Crippen molar-refractivity contribution < 1.29 is 4.74 Å². The largest absolute Gasteiger partial charge is 0.497 e. The molecule has 0 amide bonds. The van der Waals surface area contributed by atoms with Crippen molar-refractivity contribution in [3.63, 3.8) is 0 Å². The van der Waals surface area contributed by atoms with Gasteiger partial charge in [0.2, 0.25) is 0 Å². The highest BCUT2D eigenvalue weighted by Crippen LogP contribution is 2.32. The van der Waals surface area contributed by atoms with Crippen LogP contribution < -0.4 is 10.3 Å². The second-order valence-corrected chi connectivity index (χ2v) is 7.99. The highest BCUT2D eigenvalue weighted by molar-refractivity contribution is 7.71. The van der Waals surface area contributed by atoms with E-state index in [2.05, 4.69) is 16.8 Å². The first-order chi connectivity index (χ1) is 12.6. The van der Waals surface area contributed by atoms with Gasteiger partial charge in [0.25, 0.3) is 5.56 Å². The number of hydrogen-bond acceptors (Lipinski definition) is 5. The Kier molecular flexibility index (Phi) is 4.69. The van der Waals surface area contributed by atoms with Crippen LogP contribution in [0.1, 0.15) is 23.8 Å². The first-order valence-electron chi connectivity index (χ1n) is 8.78. The fourth-order valence-corrected chi connectivity index (χ4v) is 5.24. The van der Waals surface area contributed by atoms with Gasteiger partial charge in [0.1, 0.15) is 10.6 Å². The van der Waals surface area contributed by atoms with E-state index in [4.69, 9.17) is 17.0 Å². The molecule has 0 spiro atoms. The highest BCUT2D eigenvalue weighted by atomic mass is 32.1. The molecule has 0 radical (unpaired) electrons. The van der Waals surface area contributed by atoms with Gasteiger partial charge in [-0.1, -0.05) is 6.92 Å². The summed E-state index contributed by atoms with van der Waals surface area (Å²) < 4.78 is 7.22. The number of benzene rings is 1. The molecule has 1 aromatic carbocycles. The molecule has 7 heteroatoms. The van der Waals surface area contributed by atoms with Gasteiger partial charge in [-0.15, -0.1) is 11.3 Å². The van der Waals surface area contributed by atoms with Crippen LogP contribution in [-0.4, -0.2) is 34.7 Å². The van der Waals surface area contributed by atoms with Crippen LogP contribution in [0.5, 0.6) is 5.75 Å². The zero-order valence-electron chi connectivity index (χ0n) is 14.9. The van der Waals surface area contributed by atoms with Gasteiger partial charge in [-0.25, -0.2) is 0 Å². The van der Waals surface area contributed by atoms with Gasteiger partial charge in [0.05, 0.1) is 18.2 Å². The molecule has 1 N–H and O–H groups in total. The zero-order chi connectivity index (χ0) is 18.3. The minimum Gasteiger partial charge on any atom is -0.497 e. The van der Waals surface area contributed by atoms with Gasteiger partial charge in [-0.2, -0.15) is 0 Å². The number of nitrogens with zero attached hydrogens (tertiary/aromatic N) is 2. The monoisotopic (exact) mass is 387 g/mol. The molecule has 2 aromatic heterocycles. The first-order valence-corrected chi connectivity index (χ1v) is 10.0. The van der Waals surface area contributed by atoms with Gasteiger partial charge >= 0.3 is 0 Å². The molecule has 0 saturated carbocycles. The summed E-state index contributed by atoms with van der Waals surface area (Å²) in [5.41, 5.74) is 1.91. The van der Waals surface area contributed by atoms with Crippen molar-refractivity contribution in [3.8, 4) is 11.4 Å². The van der Waals surface area contributed by atoms with Crippen molar-refractivity contribution in [3.05, 3.63) is 49.8 Å². The Morgan fingerprint density at radius 3 is 2.77 bits per heavy atom. The number of thiophene rings is 1. The van der Waals surface area contributed by atoms with E-state index in [9.17, 15) is 4.79 Å². The zero-order valence-corrected chi connectivity index (χ0v) is 16.5. The van der Waals surface area contributed by atoms with Crippen LogP contribution >= 0.6 is 23.6 Å². The average molecular weight is 388 g/mol. The number of aromatic nitrogens is 2. The molecule has 26 heavy (non-hydrogen) atoms. The topological polar surface area (TPSA) is 50.3 Å². The molecule has 0 aliphatic carbocycles. The number of rotatable bonds is 4. The van der Waals surface area contributed by atoms with Crippen molar-refractivity contribution in [1.82, 2.24) is 14.5 Å². The van der Waals surface area contributed by atoms with Crippen molar-refractivity contribution in [2.24, 2.45) is 0 Å². The van der Waals surface area contributed by atoms with Crippen molar-refractivity contribution in [2.45, 2.75) is 26.3 Å². The summed E-state index contributed by atoms with van der Waals surface area (Å²) in [7, 11) is 1.62. The van der Waals surface area contributed by atoms with Crippen LogP contribution in [0.4, 0.5) is 0 Å². The summed E-state index contributed by atoms with van der Waals surface area (Å²) in [5, 5.41) is 0.797. The maximum absolute atomic E-state index is 13.3. The SMILES string of the molecule is CCCN1CCc2c(sc3[nH]c(=S)n(-c4ccc(OC)cc4)c(=O)c23)C1. The number of H-pyrrole nitrogens is 1. The molecule has 1 aliphatic rings. The van der Waals surface area contributed by atoms with Crippen LogP contribution in [0.25, 0.3) is 15.9 Å². The average Bonchev–Trinajstić information content (AvgIpc) is 3.00. The van der Waals surface area contributed by atoms with Crippen LogP contribution in [0.2, 0.25) is 0 Å². The van der Waals surface area contributed by atoms with Gasteiger partial charge in [-0.3, -0.25) is 14.3 Å². The fraction of sp³-hybridized carbons (Fsp3) is 0.368. The highest BCUT2D eigenvalue weighted by Gasteiger charge is 2.23. The number of hydrogen-bond donors (Lipinski definition) is 1. The van der Waals surface area contributed by atoms with E-state index in [1.54, 1.807) is 23.0 Å². The Morgan fingerprint density at radius 1 is 1.31 bits per heavy atom. The maximum Gasteiger partial charge on any atom is 0.267 e. The minimum absolute atomic E-state index is 0.0321. The normalized spacial score (nSPS) is 14.5. The smallest absolute Gasteiger partial charge is 0.267 e. The molecule has 0 atom stereocenters. The molecular formula is C19H21N3O2S2. The van der Waals surface area contributed by atoms with E-state index in [0.29, 0.717) is 4.77 Å². The van der Waals surface area contributed by atoms with Crippen molar-refractivity contribution in [2.75, 3.05) is 20.2 Å². The molecule has 0 fully saturated rings. The summed E-state index contributed by atoms with van der Waals surface area (Å²) in [6, 6.07) is 7.40. The molecule has 136 valence electrons. The second kappa shape index (κ2) is 6.98. The second-order valence-electron chi connectivity index (χ2n) is 6.50. The number of fused-ring (bicyclic) bond motifs is 3. The summed E-state index contributed by atoms with van der Waals surface area (Å²) in [6.07, 6.45) is 2.06. The van der Waals surface area contributed by atoms with Crippen LogP contribution in [-0.2, 0) is 13.0 Å². The number of nitrogens with one attached hydrogen (secondary N) is 1. The molecule has 4 rings (SSSR count). The van der Waals surface area contributed by atoms with E-state index in [0.717, 1.165) is 54.1 Å². The molecule has 0 saturated heterocycles. The van der Waals surface area contributed by atoms with Gasteiger partial charge < -0.3 is 9.72 Å². The summed E-state index contributed by atoms with van der Waals surface area (Å²) >= 11 is 7.16. The Morgan fingerprint density at radius 2 is 2.08 bits per heavy atom. The lowest BCUT2D eigenvalue weighted by molar-refractivity contribution is 0.258. The van der Waals surface area contributed by atoms with Crippen molar-refractivity contribution in [1.29, 1.82) is 0 Å². The minimum atomic E-state index is -0.0321. The molecule has 0 bridgehead atoms. The third kappa shape index (κ3) is 2.90. The predicted octanol–water partition coefficient (Wildman–Crippen LogP) is 3.89. The molecule has 3 aromatic rings. The van der Waals surface area contributed by atoms with Crippen LogP contribution in [0.3, 0.4) is 0 Å². The van der Waals surface area contributed by atoms with Crippen LogP contribution in [0, 0.1) is 4.77 Å². The lowest BCUT2D eigenvalue weighted by atomic mass is 10.1. The standard InChI is InChI=1S/C19H21N3O2S2/c1-3-9-21-10-8-14-15(11-21)26-17-16(14)18(23)22(19(25)20-17)12-4-6-13(24-2)7-5-12/h4-7H,3,8-11H2,1-2H3,(H,20,25). The Bertz CT molecular complexity index is 1060. The summed E-state index contributed by atoms with van der Waals surface area (Å²) in [5.74, 6) is 0.752. The lowest BCUT2D eigenvalue weighted by Crippen LogP contribution is -2.31. The van der Waals surface area contributed by atoms with Gasteiger partial charge in [0, 0.05) is 18.0 Å². The molecule has 3 heterocycles. The predicted molar refractivity (Wildman–Crippen MR) is 108 cm³/mol. The summed E-state index contributed by atoms with van der Waals surface area (Å²) in [4.78, 5) is 21.2. The Labute approximate surface area is 160 Å². The van der Waals surface area contributed by atoms with E-state index < -0.39 is 0 Å². The van der Waals surface area contributed by atoms with E-state index in [1.165, 1.54) is 10.4 Å². The maximum atomic E-state index is 13.3. The molecule has 0 unspecified atom stereocenters. The van der Waals surface area contributed by atoms with E-state index in [1.807, 2.05) is 24.3 Å². The van der Waals surface area contributed by atoms with Gasteiger partial charge in [-0.05, 0) is 61.4 Å². The Balaban J connectivity index is 1.86. The Hall–Kier alpha value is -1.96. The van der Waals surface area contributed by atoms with E-state index in [-0.39, 0.29) is 5.56 Å².